The molecule has 0 bridgehead atoms. The first kappa shape index (κ1) is 23.3. The first-order chi connectivity index (χ1) is 13.4. The third-order valence-corrected chi connectivity index (χ3v) is 7.62. The van der Waals surface area contributed by atoms with Crippen LogP contribution in [-0.2, 0) is 0 Å². The van der Waals surface area contributed by atoms with E-state index in [4.69, 9.17) is 0 Å². The van der Waals surface area contributed by atoms with Gasteiger partial charge in [-0.1, -0.05) is 166 Å². The van der Waals surface area contributed by atoms with Crippen molar-refractivity contribution < 1.29 is 0 Å². The highest BCUT2D eigenvalue weighted by Crippen LogP contribution is 2.32. The third kappa shape index (κ3) is 13.0. The Morgan fingerprint density at radius 1 is 0.259 bits per heavy atom. The average Bonchev–Trinajstić information content (AvgIpc) is 2.74. The van der Waals surface area contributed by atoms with E-state index in [2.05, 4.69) is 0 Å². The van der Waals surface area contributed by atoms with Gasteiger partial charge in [-0.25, -0.2) is 0 Å². The Balaban J connectivity index is 1.76. The topological polar surface area (TPSA) is 0 Å². The monoisotopic (exact) mass is 374 g/mol. The van der Waals surface area contributed by atoms with Crippen LogP contribution in [0.3, 0.4) is 0 Å². The van der Waals surface area contributed by atoms with Crippen molar-refractivity contribution in [2.24, 2.45) is 0 Å². The first-order valence-corrected chi connectivity index (χ1v) is 13.4. The smallest absolute Gasteiger partial charge is 0.0654 e. The molecule has 0 aromatic carbocycles. The van der Waals surface area contributed by atoms with Crippen molar-refractivity contribution in [3.8, 4) is 0 Å². The van der Waals surface area contributed by atoms with Gasteiger partial charge in [0, 0.05) is 0 Å². The molecule has 2 aliphatic carbocycles. The average molecular weight is 375 g/mol. The Morgan fingerprint density at radius 2 is 0.444 bits per heavy atom. The third-order valence-electron chi connectivity index (χ3n) is 7.62. The highest BCUT2D eigenvalue weighted by atomic mass is 14.1. The molecule has 158 valence electrons. The fourth-order valence-corrected chi connectivity index (χ4v) is 5.79. The van der Waals surface area contributed by atoms with Gasteiger partial charge >= 0.3 is 0 Å². The fraction of sp³-hybridized carbons (Fsp3) is 1.00. The molecule has 2 saturated carbocycles. The van der Waals surface area contributed by atoms with Gasteiger partial charge in [0.05, 0.1) is 0 Å². The molecule has 0 amide bonds. The van der Waals surface area contributed by atoms with E-state index in [9.17, 15) is 0 Å². The van der Waals surface area contributed by atoms with Crippen LogP contribution in [0.5, 0.6) is 0 Å². The van der Waals surface area contributed by atoms with E-state index in [1.807, 2.05) is 0 Å². The molecule has 2 fully saturated rings. The van der Waals surface area contributed by atoms with E-state index in [0.717, 1.165) is 11.6 Å². The zero-order valence-electron chi connectivity index (χ0n) is 18.8. The molecule has 0 spiro atoms. The summed E-state index contributed by atoms with van der Waals surface area (Å²) >= 11 is 0. The van der Waals surface area contributed by atoms with E-state index < -0.39 is 0 Å². The highest BCUT2D eigenvalue weighted by Gasteiger charge is 2.18. The minimum absolute atomic E-state index is 1.06. The number of hydrogen-bond donors (Lipinski definition) is 0. The lowest BCUT2D eigenvalue weighted by Crippen LogP contribution is -2.12. The summed E-state index contributed by atoms with van der Waals surface area (Å²) in [5.74, 6) is 2.13. The normalized spacial score (nSPS) is 25.6. The summed E-state index contributed by atoms with van der Waals surface area (Å²) in [4.78, 5) is 0. The molecule has 0 heterocycles. The maximum atomic E-state index is 1.58. The predicted molar refractivity (Wildman–Crippen MR) is 125 cm³/mol. The van der Waals surface area contributed by atoms with Crippen LogP contribution in [0.25, 0.3) is 0 Å². The Kier molecular flexibility index (Phi) is 14.7. The summed E-state index contributed by atoms with van der Waals surface area (Å²) < 4.78 is 0. The molecule has 0 unspecified atom stereocenters. The second-order valence-electron chi connectivity index (χ2n) is 10.2. The standard InChI is InChI=1S/C26H51B/c1-2-4-6-10-14-18-22-25(21-17-13-9-5-3-1)27-26-23-19-15-11-7-8-12-16-20-24-26/h25-27H,1-24H2. The van der Waals surface area contributed by atoms with Gasteiger partial charge in [0.1, 0.15) is 7.28 Å². The lowest BCUT2D eigenvalue weighted by Gasteiger charge is -2.23. The molecule has 0 N–H and O–H groups in total. The second kappa shape index (κ2) is 17.0. The summed E-state index contributed by atoms with van der Waals surface area (Å²) in [6, 6.07) is 0. The molecular weight excluding hydrogens is 323 g/mol. The molecule has 2 aliphatic rings. The van der Waals surface area contributed by atoms with Crippen LogP contribution in [0.2, 0.25) is 11.6 Å². The van der Waals surface area contributed by atoms with Crippen molar-refractivity contribution in [1.29, 1.82) is 0 Å². The van der Waals surface area contributed by atoms with Gasteiger partial charge in [-0.15, -0.1) is 0 Å². The predicted octanol–water partition coefficient (Wildman–Crippen LogP) is 9.39. The first-order valence-electron chi connectivity index (χ1n) is 13.4. The van der Waals surface area contributed by atoms with Crippen molar-refractivity contribution in [2.75, 3.05) is 0 Å². The van der Waals surface area contributed by atoms with Crippen molar-refractivity contribution in [2.45, 2.75) is 166 Å². The molecule has 0 aromatic rings. The van der Waals surface area contributed by atoms with Crippen LogP contribution in [0.4, 0.5) is 0 Å². The van der Waals surface area contributed by atoms with Crippen molar-refractivity contribution in [1.82, 2.24) is 0 Å². The van der Waals surface area contributed by atoms with Gasteiger partial charge < -0.3 is 0 Å². The Labute approximate surface area is 173 Å². The van der Waals surface area contributed by atoms with Gasteiger partial charge in [-0.3, -0.25) is 0 Å². The van der Waals surface area contributed by atoms with Crippen LogP contribution in [0, 0.1) is 0 Å². The van der Waals surface area contributed by atoms with Gasteiger partial charge in [-0.2, -0.15) is 0 Å². The maximum Gasteiger partial charge on any atom is 0.127 e. The van der Waals surface area contributed by atoms with E-state index in [0.29, 0.717) is 0 Å². The Morgan fingerprint density at radius 3 is 0.667 bits per heavy atom. The zero-order chi connectivity index (χ0) is 18.8. The van der Waals surface area contributed by atoms with E-state index in [1.165, 1.54) is 128 Å². The van der Waals surface area contributed by atoms with Crippen molar-refractivity contribution in [3.05, 3.63) is 0 Å². The van der Waals surface area contributed by atoms with E-state index >= 15 is 0 Å². The van der Waals surface area contributed by atoms with Crippen LogP contribution < -0.4 is 0 Å². The zero-order valence-corrected chi connectivity index (χ0v) is 18.8. The molecule has 0 radical (unpaired) electrons. The SMILES string of the molecule is B(C1CCCCCCCCCCCCCC1)C1CCCCCCCCCC1. The van der Waals surface area contributed by atoms with Crippen LogP contribution >= 0.6 is 0 Å². The Bertz CT molecular complexity index is 285. The largest absolute Gasteiger partial charge is 0.127 e. The summed E-state index contributed by atoms with van der Waals surface area (Å²) in [5.41, 5.74) is 0. The molecule has 0 aliphatic heterocycles. The minimum atomic E-state index is 1.06. The summed E-state index contributed by atoms with van der Waals surface area (Å²) in [6.07, 6.45) is 36.5. The van der Waals surface area contributed by atoms with Crippen LogP contribution in [0.15, 0.2) is 0 Å². The maximum absolute atomic E-state index is 1.58. The Hall–Kier alpha value is 0.0649. The molecule has 0 nitrogen and oxygen atoms in total. The molecular formula is C26H51B. The lowest BCUT2D eigenvalue weighted by atomic mass is 9.50. The number of hydrogen-bond acceptors (Lipinski definition) is 0. The van der Waals surface area contributed by atoms with E-state index in [1.54, 1.807) is 33.0 Å². The molecule has 27 heavy (non-hydrogen) atoms. The van der Waals surface area contributed by atoms with Crippen LogP contribution in [0.1, 0.15) is 154 Å². The van der Waals surface area contributed by atoms with Gasteiger partial charge in [0.2, 0.25) is 0 Å². The van der Waals surface area contributed by atoms with Crippen LogP contribution in [-0.4, -0.2) is 7.28 Å². The quantitative estimate of drug-likeness (QED) is 0.422. The molecule has 2 rings (SSSR count). The molecule has 1 heteroatoms. The van der Waals surface area contributed by atoms with E-state index in [-0.39, 0.29) is 0 Å². The fourth-order valence-electron chi connectivity index (χ4n) is 5.79. The van der Waals surface area contributed by atoms with Gasteiger partial charge in [0.25, 0.3) is 0 Å². The lowest BCUT2D eigenvalue weighted by molar-refractivity contribution is 0.528. The molecule has 0 atom stereocenters. The molecule has 0 saturated heterocycles. The summed E-state index contributed by atoms with van der Waals surface area (Å²) in [7, 11) is 1.58. The number of rotatable bonds is 2. The summed E-state index contributed by atoms with van der Waals surface area (Å²) in [6.45, 7) is 0. The molecule has 0 aromatic heterocycles. The highest BCUT2D eigenvalue weighted by molar-refractivity contribution is 6.39. The second-order valence-corrected chi connectivity index (χ2v) is 10.2. The van der Waals surface area contributed by atoms with Crippen molar-refractivity contribution >= 4 is 7.28 Å². The minimum Gasteiger partial charge on any atom is -0.0654 e. The van der Waals surface area contributed by atoms with Gasteiger partial charge in [-0.05, 0) is 0 Å². The van der Waals surface area contributed by atoms with Crippen molar-refractivity contribution in [3.63, 3.8) is 0 Å². The van der Waals surface area contributed by atoms with Gasteiger partial charge in [0.15, 0.2) is 0 Å². The summed E-state index contributed by atoms with van der Waals surface area (Å²) in [5, 5.41) is 0.